The van der Waals surface area contributed by atoms with Crippen LogP contribution in [0.2, 0.25) is 0 Å². The van der Waals surface area contributed by atoms with Gasteiger partial charge in [-0.2, -0.15) is 0 Å². The van der Waals surface area contributed by atoms with Gasteiger partial charge in [0, 0.05) is 24.0 Å². The minimum atomic E-state index is -0.742. The Morgan fingerprint density at radius 3 is 2.52 bits per heavy atom. The van der Waals surface area contributed by atoms with E-state index >= 15 is 0 Å². The van der Waals surface area contributed by atoms with Crippen LogP contribution in [0.4, 0.5) is 4.39 Å². The molecule has 1 saturated heterocycles. The normalized spacial score (nSPS) is 15.7. The second kappa shape index (κ2) is 7.68. The van der Waals surface area contributed by atoms with Crippen LogP contribution < -0.4 is 0 Å². The van der Waals surface area contributed by atoms with Crippen molar-refractivity contribution in [2.24, 2.45) is 0 Å². The van der Waals surface area contributed by atoms with Crippen LogP contribution in [0.25, 0.3) is 11.0 Å². The summed E-state index contributed by atoms with van der Waals surface area (Å²) in [5, 5.41) is 0.530. The fraction of sp³-hybridized carbons (Fsp3) is 0.474. The van der Waals surface area contributed by atoms with E-state index in [9.17, 15) is 14.0 Å². The van der Waals surface area contributed by atoms with Crippen molar-refractivity contribution in [2.75, 3.05) is 19.7 Å². The summed E-state index contributed by atoms with van der Waals surface area (Å²) in [6.45, 7) is 2.75. The number of halogens is 1. The van der Waals surface area contributed by atoms with Gasteiger partial charge in [-0.25, -0.2) is 9.18 Å². The number of carbonyl (C=O) groups excluding carboxylic acids is 2. The Labute approximate surface area is 145 Å². The van der Waals surface area contributed by atoms with Gasteiger partial charge in [0.2, 0.25) is 5.76 Å². The third-order valence-corrected chi connectivity index (χ3v) is 4.64. The molecule has 0 aliphatic carbocycles. The molecule has 1 aliphatic heterocycles. The average molecular weight is 347 g/mol. The average Bonchev–Trinajstić information content (AvgIpc) is 2.91. The van der Waals surface area contributed by atoms with Crippen molar-refractivity contribution in [1.29, 1.82) is 0 Å². The Balaban J connectivity index is 1.65. The number of furan rings is 1. The minimum absolute atomic E-state index is 0.0297. The van der Waals surface area contributed by atoms with Crippen molar-refractivity contribution < 1.29 is 23.1 Å². The highest BCUT2D eigenvalue weighted by Gasteiger charge is 2.23. The summed E-state index contributed by atoms with van der Waals surface area (Å²) >= 11 is 0. The molecule has 1 aromatic carbocycles. The molecule has 2 heterocycles. The van der Waals surface area contributed by atoms with Crippen LogP contribution in [0.15, 0.2) is 22.6 Å². The predicted molar refractivity (Wildman–Crippen MR) is 90.9 cm³/mol. The monoisotopic (exact) mass is 347 g/mol. The fourth-order valence-corrected chi connectivity index (χ4v) is 3.18. The molecule has 0 bridgehead atoms. The third-order valence-electron chi connectivity index (χ3n) is 4.64. The van der Waals surface area contributed by atoms with Gasteiger partial charge in [-0.15, -0.1) is 0 Å². The summed E-state index contributed by atoms with van der Waals surface area (Å²) in [4.78, 5) is 26.3. The smallest absolute Gasteiger partial charge is 0.375 e. The highest BCUT2D eigenvalue weighted by Crippen LogP contribution is 2.27. The topological polar surface area (TPSA) is 59.8 Å². The number of amides is 1. The molecule has 2 aromatic rings. The lowest BCUT2D eigenvalue weighted by Gasteiger charge is -2.24. The van der Waals surface area contributed by atoms with Gasteiger partial charge in [-0.1, -0.05) is 31.4 Å². The Bertz CT molecular complexity index is 775. The second-order valence-corrected chi connectivity index (χ2v) is 6.40. The molecule has 0 unspecified atom stereocenters. The van der Waals surface area contributed by atoms with Crippen molar-refractivity contribution >= 4 is 22.8 Å². The number of aryl methyl sites for hydroxylation is 1. The van der Waals surface area contributed by atoms with E-state index in [1.165, 1.54) is 12.5 Å². The standard InChI is InChI=1S/C19H22FNO4/c1-13-14-8-7-9-15(20)18(14)25-17(13)19(23)24-12-16(22)21-10-5-3-2-4-6-11-21/h7-9H,2-6,10-12H2,1H3. The third kappa shape index (κ3) is 3.83. The summed E-state index contributed by atoms with van der Waals surface area (Å²) in [5.74, 6) is -1.53. The first-order valence-corrected chi connectivity index (χ1v) is 8.70. The van der Waals surface area contributed by atoms with Crippen LogP contribution in [-0.2, 0) is 9.53 Å². The molecule has 1 fully saturated rings. The van der Waals surface area contributed by atoms with Crippen LogP contribution in [0, 0.1) is 12.7 Å². The van der Waals surface area contributed by atoms with Crippen molar-refractivity contribution in [1.82, 2.24) is 4.90 Å². The number of para-hydroxylation sites is 1. The molecule has 5 nitrogen and oxygen atoms in total. The van der Waals surface area contributed by atoms with Gasteiger partial charge >= 0.3 is 5.97 Å². The number of benzene rings is 1. The lowest BCUT2D eigenvalue weighted by Crippen LogP contribution is -2.36. The lowest BCUT2D eigenvalue weighted by atomic mass is 10.1. The minimum Gasteiger partial charge on any atom is -0.450 e. The number of rotatable bonds is 3. The van der Waals surface area contributed by atoms with Gasteiger partial charge in [-0.3, -0.25) is 4.79 Å². The number of hydrogen-bond donors (Lipinski definition) is 0. The van der Waals surface area contributed by atoms with Gasteiger partial charge in [0.15, 0.2) is 18.0 Å². The van der Waals surface area contributed by atoms with E-state index in [1.807, 2.05) is 0 Å². The Hall–Kier alpha value is -2.37. The van der Waals surface area contributed by atoms with E-state index in [4.69, 9.17) is 9.15 Å². The van der Waals surface area contributed by atoms with Crippen molar-refractivity contribution in [3.8, 4) is 0 Å². The molecule has 6 heteroatoms. The van der Waals surface area contributed by atoms with E-state index in [2.05, 4.69) is 0 Å². The molecule has 0 radical (unpaired) electrons. The summed E-state index contributed by atoms with van der Waals surface area (Å²) in [5.41, 5.74) is 0.542. The lowest BCUT2D eigenvalue weighted by molar-refractivity contribution is -0.134. The Morgan fingerprint density at radius 1 is 1.16 bits per heavy atom. The van der Waals surface area contributed by atoms with Crippen LogP contribution >= 0.6 is 0 Å². The molecule has 0 saturated carbocycles. The summed E-state index contributed by atoms with van der Waals surface area (Å²) < 4.78 is 24.2. The van der Waals surface area contributed by atoms with E-state index in [0.717, 1.165) is 25.7 Å². The number of ether oxygens (including phenoxy) is 1. The molecule has 134 valence electrons. The van der Waals surface area contributed by atoms with Gasteiger partial charge in [0.25, 0.3) is 5.91 Å². The molecule has 1 amide bonds. The molecular formula is C19H22FNO4. The number of likely N-dealkylation sites (tertiary alicyclic amines) is 1. The number of nitrogens with zero attached hydrogens (tertiary/aromatic N) is 1. The largest absolute Gasteiger partial charge is 0.450 e. The van der Waals surface area contributed by atoms with Crippen LogP contribution in [0.5, 0.6) is 0 Å². The Morgan fingerprint density at radius 2 is 1.84 bits per heavy atom. The number of fused-ring (bicyclic) bond motifs is 1. The van der Waals surface area contributed by atoms with Crippen molar-refractivity contribution in [2.45, 2.75) is 39.0 Å². The zero-order valence-corrected chi connectivity index (χ0v) is 14.3. The van der Waals surface area contributed by atoms with Gasteiger partial charge in [0.1, 0.15) is 0 Å². The van der Waals surface area contributed by atoms with E-state index in [1.54, 1.807) is 24.0 Å². The molecule has 0 spiro atoms. The molecule has 3 rings (SSSR count). The highest BCUT2D eigenvalue weighted by molar-refractivity contribution is 5.96. The first-order chi connectivity index (χ1) is 12.1. The van der Waals surface area contributed by atoms with Crippen LogP contribution in [0.1, 0.15) is 48.2 Å². The molecular weight excluding hydrogens is 325 g/mol. The number of carbonyl (C=O) groups is 2. The first kappa shape index (κ1) is 17.5. The van der Waals surface area contributed by atoms with E-state index < -0.39 is 11.8 Å². The Kier molecular flexibility index (Phi) is 5.36. The second-order valence-electron chi connectivity index (χ2n) is 6.40. The molecule has 25 heavy (non-hydrogen) atoms. The number of hydrogen-bond acceptors (Lipinski definition) is 4. The molecule has 1 aromatic heterocycles. The maximum atomic E-state index is 13.8. The quantitative estimate of drug-likeness (QED) is 0.792. The van der Waals surface area contributed by atoms with Gasteiger partial charge in [0.05, 0.1) is 0 Å². The van der Waals surface area contributed by atoms with E-state index in [-0.39, 0.29) is 23.9 Å². The van der Waals surface area contributed by atoms with Crippen LogP contribution in [0.3, 0.4) is 0 Å². The first-order valence-electron chi connectivity index (χ1n) is 8.70. The maximum Gasteiger partial charge on any atom is 0.375 e. The summed E-state index contributed by atoms with van der Waals surface area (Å²) in [6.07, 6.45) is 5.39. The van der Waals surface area contributed by atoms with Crippen LogP contribution in [-0.4, -0.2) is 36.5 Å². The van der Waals surface area contributed by atoms with E-state index in [0.29, 0.717) is 24.0 Å². The highest BCUT2D eigenvalue weighted by atomic mass is 19.1. The van der Waals surface area contributed by atoms with Crippen molar-refractivity contribution in [3.05, 3.63) is 35.3 Å². The van der Waals surface area contributed by atoms with Crippen molar-refractivity contribution in [3.63, 3.8) is 0 Å². The van der Waals surface area contributed by atoms with Gasteiger partial charge in [-0.05, 0) is 25.8 Å². The maximum absolute atomic E-state index is 13.8. The predicted octanol–water partition coefficient (Wildman–Crippen LogP) is 3.83. The SMILES string of the molecule is Cc1c(C(=O)OCC(=O)N2CCCCCCC2)oc2c(F)cccc12. The zero-order chi connectivity index (χ0) is 17.8. The van der Waals surface area contributed by atoms with Gasteiger partial charge < -0.3 is 14.1 Å². The summed E-state index contributed by atoms with van der Waals surface area (Å²) in [6, 6.07) is 4.51. The summed E-state index contributed by atoms with van der Waals surface area (Å²) in [7, 11) is 0. The number of esters is 1. The zero-order valence-electron chi connectivity index (χ0n) is 14.3. The molecule has 0 N–H and O–H groups in total. The molecule has 0 atom stereocenters. The molecule has 1 aliphatic rings. The fourth-order valence-electron chi connectivity index (χ4n) is 3.18.